The van der Waals surface area contributed by atoms with Crippen molar-refractivity contribution in [3.05, 3.63) is 47.2 Å². The first-order chi connectivity index (χ1) is 15.9. The number of methoxy groups -OCH3 is 2. The van der Waals surface area contributed by atoms with Crippen LogP contribution in [0.3, 0.4) is 0 Å². The van der Waals surface area contributed by atoms with Crippen LogP contribution in [-0.2, 0) is 9.53 Å². The van der Waals surface area contributed by atoms with Crippen LogP contribution in [0.1, 0.15) is 0 Å². The lowest BCUT2D eigenvalue weighted by Gasteiger charge is -2.19. The van der Waals surface area contributed by atoms with Crippen LogP contribution in [0.15, 0.2) is 37.2 Å². The number of hydrogen-bond acceptors (Lipinski definition) is 8. The summed E-state index contributed by atoms with van der Waals surface area (Å²) in [6.07, 6.45) is 4.50. The maximum atomic E-state index is 11.6. The molecule has 2 N–H and O–H groups in total. The summed E-state index contributed by atoms with van der Waals surface area (Å²) in [6, 6.07) is 3.01. The molecule has 1 aliphatic heterocycles. The number of carbonyl (C=O) groups is 1. The summed E-state index contributed by atoms with van der Waals surface area (Å²) in [7, 11) is 3.02. The molecule has 11 heteroatoms. The second-order valence-corrected chi connectivity index (χ2v) is 7.97. The Morgan fingerprint density at radius 3 is 2.48 bits per heavy atom. The maximum Gasteiger partial charge on any atom is 0.243 e. The van der Waals surface area contributed by atoms with E-state index in [4.69, 9.17) is 37.4 Å². The van der Waals surface area contributed by atoms with Gasteiger partial charge >= 0.3 is 0 Å². The van der Waals surface area contributed by atoms with E-state index in [0.29, 0.717) is 57.5 Å². The van der Waals surface area contributed by atoms with Gasteiger partial charge in [-0.3, -0.25) is 9.78 Å². The number of ether oxygens (including phenoxy) is 3. The Morgan fingerprint density at radius 1 is 1.12 bits per heavy atom. The van der Waals surface area contributed by atoms with E-state index in [1.54, 1.807) is 24.5 Å². The van der Waals surface area contributed by atoms with Crippen molar-refractivity contribution in [3.63, 3.8) is 0 Å². The fourth-order valence-electron chi connectivity index (χ4n) is 3.50. The van der Waals surface area contributed by atoms with E-state index >= 15 is 0 Å². The number of rotatable bonds is 7. The molecule has 0 saturated carbocycles. The van der Waals surface area contributed by atoms with E-state index < -0.39 is 0 Å². The molecule has 172 valence electrons. The molecule has 2 unspecified atom stereocenters. The van der Waals surface area contributed by atoms with Crippen molar-refractivity contribution in [2.75, 3.05) is 32.8 Å². The SMILES string of the molecule is C=CC(=O)NC1COCC1Nc1ncc2cc(-c3c(Cl)c(OC)cc(OC)c3Cl)ncc2n1. The maximum absolute atomic E-state index is 11.6. The number of anilines is 1. The van der Waals surface area contributed by atoms with Crippen LogP contribution in [0, 0.1) is 0 Å². The first-order valence-electron chi connectivity index (χ1n) is 9.95. The van der Waals surface area contributed by atoms with Crippen molar-refractivity contribution in [2.45, 2.75) is 12.1 Å². The van der Waals surface area contributed by atoms with Crippen molar-refractivity contribution in [3.8, 4) is 22.8 Å². The minimum absolute atomic E-state index is 0.180. The average molecular weight is 490 g/mol. The van der Waals surface area contributed by atoms with Gasteiger partial charge in [-0.05, 0) is 12.1 Å². The molecule has 2 aromatic heterocycles. The number of halogens is 2. The highest BCUT2D eigenvalue weighted by Crippen LogP contribution is 2.45. The number of aromatic nitrogens is 3. The van der Waals surface area contributed by atoms with Crippen LogP contribution < -0.4 is 20.1 Å². The van der Waals surface area contributed by atoms with Crippen molar-refractivity contribution in [1.82, 2.24) is 20.3 Å². The van der Waals surface area contributed by atoms with Crippen LogP contribution in [0.5, 0.6) is 11.5 Å². The van der Waals surface area contributed by atoms with E-state index in [9.17, 15) is 4.79 Å². The molecule has 0 bridgehead atoms. The normalized spacial score (nSPS) is 17.6. The highest BCUT2D eigenvalue weighted by atomic mass is 35.5. The van der Waals surface area contributed by atoms with Crippen molar-refractivity contribution >= 4 is 46.0 Å². The molecule has 0 radical (unpaired) electrons. The third-order valence-electron chi connectivity index (χ3n) is 5.20. The quantitative estimate of drug-likeness (QED) is 0.485. The summed E-state index contributed by atoms with van der Waals surface area (Å²) < 4.78 is 16.2. The minimum atomic E-state index is -0.264. The van der Waals surface area contributed by atoms with E-state index in [1.165, 1.54) is 20.3 Å². The zero-order chi connectivity index (χ0) is 23.5. The third-order valence-corrected chi connectivity index (χ3v) is 5.95. The fraction of sp³-hybridized carbons (Fsp3) is 0.273. The van der Waals surface area contributed by atoms with Gasteiger partial charge in [-0.2, -0.15) is 0 Å². The van der Waals surface area contributed by atoms with Crippen molar-refractivity contribution in [2.24, 2.45) is 0 Å². The first kappa shape index (κ1) is 23.0. The van der Waals surface area contributed by atoms with Crippen molar-refractivity contribution < 1.29 is 19.0 Å². The van der Waals surface area contributed by atoms with Crippen LogP contribution in [0.4, 0.5) is 5.95 Å². The molecule has 9 nitrogen and oxygen atoms in total. The zero-order valence-corrected chi connectivity index (χ0v) is 19.4. The highest BCUT2D eigenvalue weighted by molar-refractivity contribution is 6.41. The van der Waals surface area contributed by atoms with Gasteiger partial charge in [0.25, 0.3) is 0 Å². The lowest BCUT2D eigenvalue weighted by atomic mass is 10.1. The molecule has 33 heavy (non-hydrogen) atoms. The number of pyridine rings is 1. The van der Waals surface area contributed by atoms with Crippen molar-refractivity contribution in [1.29, 1.82) is 0 Å². The number of nitrogens with zero attached hydrogens (tertiary/aromatic N) is 3. The largest absolute Gasteiger partial charge is 0.495 e. The van der Waals surface area contributed by atoms with Gasteiger partial charge in [-0.15, -0.1) is 0 Å². The molecule has 1 aliphatic rings. The Kier molecular flexibility index (Phi) is 6.83. The predicted octanol–water partition coefficient (Wildman–Crippen LogP) is 3.50. The van der Waals surface area contributed by atoms with Gasteiger partial charge in [0.05, 0.1) is 67.0 Å². The number of carbonyl (C=O) groups excluding carboxylic acids is 1. The lowest BCUT2D eigenvalue weighted by Crippen LogP contribution is -2.45. The van der Waals surface area contributed by atoms with E-state index in [1.807, 2.05) is 0 Å². The Labute approximate surface area is 200 Å². The molecule has 1 aromatic carbocycles. The molecular formula is C22H21Cl2N5O4. The smallest absolute Gasteiger partial charge is 0.243 e. The van der Waals surface area contributed by atoms with Gasteiger partial charge in [-0.1, -0.05) is 29.8 Å². The Balaban J connectivity index is 1.63. The molecule has 1 amide bonds. The van der Waals surface area contributed by atoms with Crippen LogP contribution in [-0.4, -0.2) is 60.4 Å². The Bertz CT molecular complexity index is 1190. The minimum Gasteiger partial charge on any atom is -0.495 e. The van der Waals surface area contributed by atoms with E-state index in [0.717, 1.165) is 5.39 Å². The topological polar surface area (TPSA) is 107 Å². The molecule has 0 spiro atoms. The number of benzene rings is 1. The Hall–Kier alpha value is -3.14. The predicted molar refractivity (Wildman–Crippen MR) is 126 cm³/mol. The third kappa shape index (κ3) is 4.66. The van der Waals surface area contributed by atoms with Gasteiger partial charge in [0.1, 0.15) is 11.5 Å². The van der Waals surface area contributed by atoms with Gasteiger partial charge in [0.2, 0.25) is 11.9 Å². The summed E-state index contributed by atoms with van der Waals surface area (Å²) in [5, 5.41) is 7.42. The molecule has 1 fully saturated rings. The van der Waals surface area contributed by atoms with E-state index in [2.05, 4.69) is 32.2 Å². The van der Waals surface area contributed by atoms with Crippen LogP contribution in [0.2, 0.25) is 10.0 Å². The van der Waals surface area contributed by atoms with Crippen LogP contribution in [0.25, 0.3) is 22.2 Å². The highest BCUT2D eigenvalue weighted by Gasteiger charge is 2.29. The lowest BCUT2D eigenvalue weighted by molar-refractivity contribution is -0.117. The molecule has 4 rings (SSSR count). The second-order valence-electron chi connectivity index (χ2n) is 7.21. The average Bonchev–Trinajstić information content (AvgIpc) is 3.25. The Morgan fingerprint density at radius 2 is 1.82 bits per heavy atom. The molecule has 3 heterocycles. The number of nitrogens with one attached hydrogen (secondary N) is 2. The van der Waals surface area contributed by atoms with Crippen LogP contribution >= 0.6 is 23.2 Å². The molecular weight excluding hydrogens is 469 g/mol. The first-order valence-corrected chi connectivity index (χ1v) is 10.7. The standard InChI is InChI=1S/C22H21Cl2N5O4/c1-4-18(30)27-14-9-33-10-15(14)29-22-26-7-11-5-12(25-8-13(11)28-22)19-20(23)16(31-2)6-17(32-3)21(19)24/h4-8,14-15H,1,9-10H2,2-3H3,(H,27,30)(H,26,28,29). The molecule has 2 atom stereocenters. The molecule has 0 aliphatic carbocycles. The second kappa shape index (κ2) is 9.78. The molecule has 3 aromatic rings. The summed E-state index contributed by atoms with van der Waals surface area (Å²) >= 11 is 13.0. The van der Waals surface area contributed by atoms with Gasteiger partial charge in [0.15, 0.2) is 0 Å². The zero-order valence-electron chi connectivity index (χ0n) is 17.9. The fourth-order valence-corrected chi connectivity index (χ4v) is 4.19. The number of fused-ring (bicyclic) bond motifs is 1. The van der Waals surface area contributed by atoms with Gasteiger partial charge < -0.3 is 24.8 Å². The summed E-state index contributed by atoms with van der Waals surface area (Å²) in [5.41, 5.74) is 1.63. The number of hydrogen-bond donors (Lipinski definition) is 2. The van der Waals surface area contributed by atoms with E-state index in [-0.39, 0.29) is 18.0 Å². The summed E-state index contributed by atoms with van der Waals surface area (Å²) in [6.45, 7) is 4.27. The summed E-state index contributed by atoms with van der Waals surface area (Å²) in [4.78, 5) is 25.1. The summed E-state index contributed by atoms with van der Waals surface area (Å²) in [5.74, 6) is 0.967. The monoisotopic (exact) mass is 489 g/mol. The molecule has 1 saturated heterocycles. The van der Waals surface area contributed by atoms with Gasteiger partial charge in [0, 0.05) is 23.2 Å². The van der Waals surface area contributed by atoms with Gasteiger partial charge in [-0.25, -0.2) is 9.97 Å². The number of amides is 1.